The van der Waals surface area contributed by atoms with Crippen molar-refractivity contribution in [3.8, 4) is 0 Å². The van der Waals surface area contributed by atoms with Crippen molar-refractivity contribution < 1.29 is 18.3 Å². The monoisotopic (exact) mass is 291 g/mol. The Hall–Kier alpha value is -0.920. The number of hydrogen-bond acceptors (Lipinski definition) is 4. The number of sulfonamides is 1. The molecule has 0 bridgehead atoms. The predicted octanol–water partition coefficient (Wildman–Crippen LogP) is 1.83. The molecule has 0 aliphatic carbocycles. The van der Waals surface area contributed by atoms with Gasteiger partial charge in [0, 0.05) is 0 Å². The fourth-order valence-corrected chi connectivity index (χ4v) is 3.96. The van der Waals surface area contributed by atoms with Crippen molar-refractivity contribution in [3.63, 3.8) is 0 Å². The topological polar surface area (TPSA) is 83.5 Å². The van der Waals surface area contributed by atoms with E-state index in [2.05, 4.69) is 4.72 Å². The Kier molecular flexibility index (Phi) is 4.89. The van der Waals surface area contributed by atoms with E-state index in [0.717, 1.165) is 16.9 Å². The fraction of sp³-hybridized carbons (Fsp3) is 0.545. The van der Waals surface area contributed by atoms with Crippen molar-refractivity contribution in [1.82, 2.24) is 4.72 Å². The van der Waals surface area contributed by atoms with Crippen LogP contribution in [-0.2, 0) is 14.8 Å². The zero-order chi connectivity index (χ0) is 13.9. The Morgan fingerprint density at radius 2 is 2.17 bits per heavy atom. The lowest BCUT2D eigenvalue weighted by atomic mass is 10.0. The molecule has 1 aromatic rings. The maximum atomic E-state index is 12.0. The number of thiophene rings is 1. The third-order valence-electron chi connectivity index (χ3n) is 2.73. The molecular formula is C11H17NO4S2. The molecule has 0 spiro atoms. The standard InChI is InChI=1S/C11H17NO4S2/c1-4-8(3)10(11(13)14)12-18(15,16)9-5-7(2)6-17-9/h5-6,8,10,12H,4H2,1-3H3,(H,13,14)/t8-,10-/m0/s1. The Bertz CT molecular complexity index is 521. The van der Waals surface area contributed by atoms with Gasteiger partial charge in [0.2, 0.25) is 0 Å². The van der Waals surface area contributed by atoms with Gasteiger partial charge in [-0.1, -0.05) is 20.3 Å². The van der Waals surface area contributed by atoms with Crippen LogP contribution in [0.2, 0.25) is 0 Å². The molecule has 0 aromatic carbocycles. The molecule has 0 fully saturated rings. The molecule has 0 unspecified atom stereocenters. The molecule has 1 heterocycles. The molecule has 102 valence electrons. The summed E-state index contributed by atoms with van der Waals surface area (Å²) in [4.78, 5) is 11.1. The van der Waals surface area contributed by atoms with Crippen LogP contribution in [0.1, 0.15) is 25.8 Å². The second-order valence-corrected chi connectivity index (χ2v) is 7.12. The maximum Gasteiger partial charge on any atom is 0.322 e. The summed E-state index contributed by atoms with van der Waals surface area (Å²) in [6.45, 7) is 5.32. The van der Waals surface area contributed by atoms with Gasteiger partial charge in [0.15, 0.2) is 0 Å². The summed E-state index contributed by atoms with van der Waals surface area (Å²) >= 11 is 1.09. The average Bonchev–Trinajstić information content (AvgIpc) is 2.72. The van der Waals surface area contributed by atoms with E-state index in [1.807, 2.05) is 6.92 Å². The molecular weight excluding hydrogens is 274 g/mol. The molecule has 1 aromatic heterocycles. The van der Waals surface area contributed by atoms with Gasteiger partial charge in [-0.2, -0.15) is 4.72 Å². The van der Waals surface area contributed by atoms with Gasteiger partial charge in [-0.25, -0.2) is 8.42 Å². The molecule has 0 aliphatic heterocycles. The minimum absolute atomic E-state index is 0.148. The van der Waals surface area contributed by atoms with Crippen LogP contribution in [0.3, 0.4) is 0 Å². The van der Waals surface area contributed by atoms with Gasteiger partial charge in [0.25, 0.3) is 10.0 Å². The molecule has 18 heavy (non-hydrogen) atoms. The summed E-state index contributed by atoms with van der Waals surface area (Å²) in [7, 11) is -3.75. The van der Waals surface area contributed by atoms with Crippen molar-refractivity contribution in [1.29, 1.82) is 0 Å². The Morgan fingerprint density at radius 3 is 2.56 bits per heavy atom. The van der Waals surface area contributed by atoms with Gasteiger partial charge in [0.05, 0.1) is 0 Å². The van der Waals surface area contributed by atoms with E-state index in [1.54, 1.807) is 19.2 Å². The lowest BCUT2D eigenvalue weighted by Gasteiger charge is -2.19. The van der Waals surface area contributed by atoms with Crippen molar-refractivity contribution >= 4 is 27.3 Å². The first-order valence-corrected chi connectivity index (χ1v) is 7.94. The van der Waals surface area contributed by atoms with Gasteiger partial charge >= 0.3 is 5.97 Å². The van der Waals surface area contributed by atoms with Crippen molar-refractivity contribution in [2.24, 2.45) is 5.92 Å². The van der Waals surface area contributed by atoms with Crippen LogP contribution in [0.4, 0.5) is 0 Å². The minimum Gasteiger partial charge on any atom is -0.480 e. The van der Waals surface area contributed by atoms with E-state index in [-0.39, 0.29) is 10.1 Å². The first-order valence-electron chi connectivity index (χ1n) is 5.58. The largest absolute Gasteiger partial charge is 0.480 e. The van der Waals surface area contributed by atoms with Crippen LogP contribution in [0, 0.1) is 12.8 Å². The average molecular weight is 291 g/mol. The zero-order valence-electron chi connectivity index (χ0n) is 10.5. The van der Waals surface area contributed by atoms with Crippen molar-refractivity contribution in [2.75, 3.05) is 0 Å². The molecule has 0 saturated heterocycles. The summed E-state index contributed by atoms with van der Waals surface area (Å²) in [5.41, 5.74) is 0.843. The molecule has 2 N–H and O–H groups in total. The predicted molar refractivity (Wildman–Crippen MR) is 70.3 cm³/mol. The summed E-state index contributed by atoms with van der Waals surface area (Å²) < 4.78 is 26.4. The van der Waals surface area contributed by atoms with Gasteiger partial charge < -0.3 is 5.11 Å². The van der Waals surface area contributed by atoms with Crippen molar-refractivity contribution in [2.45, 2.75) is 37.4 Å². The summed E-state index contributed by atoms with van der Waals surface area (Å²) in [5.74, 6) is -1.42. The van der Waals surface area contributed by atoms with Crippen LogP contribution < -0.4 is 4.72 Å². The fourth-order valence-electron chi connectivity index (χ4n) is 1.42. The SMILES string of the molecule is CC[C@H](C)[C@H](NS(=O)(=O)c1cc(C)cs1)C(=O)O. The number of rotatable bonds is 6. The minimum atomic E-state index is -3.75. The highest BCUT2D eigenvalue weighted by molar-refractivity contribution is 7.91. The van der Waals surface area contributed by atoms with Crippen LogP contribution in [0.5, 0.6) is 0 Å². The number of carboxylic acids is 1. The van der Waals surface area contributed by atoms with E-state index >= 15 is 0 Å². The van der Waals surface area contributed by atoms with Gasteiger partial charge in [-0.05, 0) is 29.9 Å². The second kappa shape index (κ2) is 5.81. The lowest BCUT2D eigenvalue weighted by molar-refractivity contribution is -0.140. The maximum absolute atomic E-state index is 12.0. The summed E-state index contributed by atoms with van der Waals surface area (Å²) in [6, 6.07) is 0.435. The normalized spacial score (nSPS) is 15.3. The zero-order valence-corrected chi connectivity index (χ0v) is 12.1. The van der Waals surface area contributed by atoms with Crippen LogP contribution in [-0.4, -0.2) is 25.5 Å². The van der Waals surface area contributed by atoms with E-state index in [0.29, 0.717) is 6.42 Å². The van der Waals surface area contributed by atoms with E-state index in [4.69, 9.17) is 5.11 Å². The molecule has 1 rings (SSSR count). The van der Waals surface area contributed by atoms with Crippen molar-refractivity contribution in [3.05, 3.63) is 17.0 Å². The molecule has 0 aliphatic rings. The number of aliphatic carboxylic acids is 1. The molecule has 7 heteroatoms. The van der Waals surface area contributed by atoms with Gasteiger partial charge in [-0.15, -0.1) is 11.3 Å². The third kappa shape index (κ3) is 3.54. The highest BCUT2D eigenvalue weighted by Crippen LogP contribution is 2.21. The number of hydrogen-bond donors (Lipinski definition) is 2. The molecule has 0 radical (unpaired) electrons. The summed E-state index contributed by atoms with van der Waals surface area (Å²) in [6.07, 6.45) is 0.586. The number of carbonyl (C=O) groups is 1. The third-order valence-corrected chi connectivity index (χ3v) is 5.73. The summed E-state index contributed by atoms with van der Waals surface area (Å²) in [5, 5.41) is 10.8. The van der Waals surface area contributed by atoms with Crippen LogP contribution in [0.25, 0.3) is 0 Å². The van der Waals surface area contributed by atoms with E-state index in [1.165, 1.54) is 6.07 Å². The second-order valence-electron chi connectivity index (χ2n) is 4.27. The van der Waals surface area contributed by atoms with Gasteiger partial charge in [0.1, 0.15) is 10.3 Å². The number of nitrogens with one attached hydrogen (secondary N) is 1. The highest BCUT2D eigenvalue weighted by Gasteiger charge is 2.29. The Labute approximate surface area is 111 Å². The highest BCUT2D eigenvalue weighted by atomic mass is 32.2. The molecule has 2 atom stereocenters. The van der Waals surface area contributed by atoms with E-state index < -0.39 is 22.0 Å². The number of carboxylic acid groups (broad SMARTS) is 1. The molecule has 0 amide bonds. The lowest BCUT2D eigenvalue weighted by Crippen LogP contribution is -2.44. The smallest absolute Gasteiger partial charge is 0.322 e. The number of aryl methyl sites for hydroxylation is 1. The first-order chi connectivity index (χ1) is 8.27. The van der Waals surface area contributed by atoms with E-state index in [9.17, 15) is 13.2 Å². The van der Waals surface area contributed by atoms with Gasteiger partial charge in [-0.3, -0.25) is 4.79 Å². The Morgan fingerprint density at radius 1 is 1.56 bits per heavy atom. The van der Waals surface area contributed by atoms with Crippen LogP contribution in [0.15, 0.2) is 15.7 Å². The van der Waals surface area contributed by atoms with Crippen LogP contribution >= 0.6 is 11.3 Å². The first kappa shape index (κ1) is 15.1. The quantitative estimate of drug-likeness (QED) is 0.837. The molecule has 5 nitrogen and oxygen atoms in total. The Balaban J connectivity index is 2.96. The molecule has 0 saturated carbocycles.